The second kappa shape index (κ2) is 12.5. The standard InChI is InChI=1S/C30H34N4O8/c1-19-16-33(30(38)31-29(19)37)17-26(35)32-10-11-41-12-13-42-22-6-4-20(5-7-22)28-23-15-25(40-3)24(39-2)14-21(23)8-9-34(28)27(36)18-32/h4-7,14-16,28H,8-13,17-18H2,1-3H3,(H,31,37,38). The molecular formula is C30H34N4O8. The lowest BCUT2D eigenvalue weighted by Crippen LogP contribution is -2.49. The fraction of sp³-hybridized carbons (Fsp3) is 0.400. The zero-order chi connectivity index (χ0) is 29.8. The maximum atomic E-state index is 14.0. The van der Waals surface area contributed by atoms with E-state index in [-0.39, 0.29) is 32.1 Å². The number of benzene rings is 2. The maximum absolute atomic E-state index is 14.0. The molecule has 6 rings (SSSR count). The Morgan fingerprint density at radius 3 is 2.48 bits per heavy atom. The van der Waals surface area contributed by atoms with E-state index in [0.29, 0.717) is 49.0 Å². The van der Waals surface area contributed by atoms with Crippen molar-refractivity contribution < 1.29 is 28.5 Å². The summed E-state index contributed by atoms with van der Waals surface area (Å²) in [5.74, 6) is 1.13. The largest absolute Gasteiger partial charge is 0.493 e. The van der Waals surface area contributed by atoms with Gasteiger partial charge in [-0.15, -0.1) is 0 Å². The lowest BCUT2D eigenvalue weighted by Gasteiger charge is -2.39. The van der Waals surface area contributed by atoms with Gasteiger partial charge in [-0.1, -0.05) is 12.1 Å². The number of aromatic amines is 1. The van der Waals surface area contributed by atoms with Crippen LogP contribution in [0.5, 0.6) is 17.2 Å². The van der Waals surface area contributed by atoms with Crippen molar-refractivity contribution in [2.24, 2.45) is 0 Å². The summed E-state index contributed by atoms with van der Waals surface area (Å²) in [6, 6.07) is 11.0. The first kappa shape index (κ1) is 28.9. The van der Waals surface area contributed by atoms with Crippen molar-refractivity contribution in [1.29, 1.82) is 0 Å². The molecule has 1 N–H and O–H groups in total. The average molecular weight is 579 g/mol. The van der Waals surface area contributed by atoms with Gasteiger partial charge in [0.1, 0.15) is 18.9 Å². The molecule has 3 aliphatic rings. The lowest BCUT2D eigenvalue weighted by atomic mass is 9.87. The van der Waals surface area contributed by atoms with E-state index in [2.05, 4.69) is 4.98 Å². The van der Waals surface area contributed by atoms with E-state index in [0.717, 1.165) is 21.3 Å². The van der Waals surface area contributed by atoms with Crippen LogP contribution in [0.1, 0.15) is 28.3 Å². The van der Waals surface area contributed by atoms with Gasteiger partial charge in [0.15, 0.2) is 11.5 Å². The molecule has 2 aromatic carbocycles. The molecule has 1 aromatic heterocycles. The molecule has 0 radical (unpaired) electrons. The van der Waals surface area contributed by atoms with E-state index in [1.165, 1.54) is 11.1 Å². The number of hydrogen-bond donors (Lipinski definition) is 1. The highest BCUT2D eigenvalue weighted by atomic mass is 16.5. The predicted octanol–water partition coefficient (Wildman–Crippen LogP) is 1.27. The highest BCUT2D eigenvalue weighted by Crippen LogP contribution is 2.41. The van der Waals surface area contributed by atoms with Crippen LogP contribution < -0.4 is 25.5 Å². The third kappa shape index (κ3) is 6.03. The van der Waals surface area contributed by atoms with Crippen molar-refractivity contribution in [3.8, 4) is 17.2 Å². The number of carbonyl (C=O) groups excluding carboxylic acids is 2. The van der Waals surface area contributed by atoms with E-state index in [1.807, 2.05) is 36.4 Å². The first-order valence-electron chi connectivity index (χ1n) is 13.7. The number of carbonyl (C=O) groups is 2. The van der Waals surface area contributed by atoms with Crippen LogP contribution in [0.15, 0.2) is 52.2 Å². The molecule has 3 aromatic rings. The van der Waals surface area contributed by atoms with Crippen LogP contribution in [0, 0.1) is 6.92 Å². The quantitative estimate of drug-likeness (QED) is 0.458. The van der Waals surface area contributed by atoms with E-state index in [4.69, 9.17) is 18.9 Å². The number of aromatic nitrogens is 2. The van der Waals surface area contributed by atoms with Crippen LogP contribution in [0.2, 0.25) is 0 Å². The van der Waals surface area contributed by atoms with Crippen molar-refractivity contribution in [2.45, 2.75) is 25.9 Å². The lowest BCUT2D eigenvalue weighted by molar-refractivity contribution is -0.142. The van der Waals surface area contributed by atoms with Gasteiger partial charge in [0.2, 0.25) is 11.8 Å². The predicted molar refractivity (Wildman–Crippen MR) is 152 cm³/mol. The number of fused-ring (bicyclic) bond motifs is 11. The third-order valence-corrected chi connectivity index (χ3v) is 7.57. The number of hydrogen-bond acceptors (Lipinski definition) is 8. The van der Waals surface area contributed by atoms with Crippen LogP contribution in [-0.2, 0) is 27.3 Å². The number of H-pyrrole nitrogens is 1. The van der Waals surface area contributed by atoms with Gasteiger partial charge in [-0.05, 0) is 54.3 Å². The minimum atomic E-state index is -0.697. The van der Waals surface area contributed by atoms with Gasteiger partial charge in [-0.2, -0.15) is 0 Å². The topological polar surface area (TPSA) is 132 Å². The zero-order valence-electron chi connectivity index (χ0n) is 23.9. The van der Waals surface area contributed by atoms with Crippen LogP contribution in [0.4, 0.5) is 0 Å². The molecule has 0 saturated carbocycles. The molecule has 42 heavy (non-hydrogen) atoms. The Morgan fingerprint density at radius 1 is 1.00 bits per heavy atom. The van der Waals surface area contributed by atoms with Gasteiger partial charge in [0.25, 0.3) is 5.56 Å². The summed E-state index contributed by atoms with van der Waals surface area (Å²) >= 11 is 0. The Balaban J connectivity index is 1.50. The zero-order valence-corrected chi connectivity index (χ0v) is 23.9. The first-order valence-corrected chi connectivity index (χ1v) is 13.7. The Kier molecular flexibility index (Phi) is 8.62. The molecule has 1 atom stereocenters. The van der Waals surface area contributed by atoms with Gasteiger partial charge in [0.05, 0.1) is 40.0 Å². The summed E-state index contributed by atoms with van der Waals surface area (Å²) < 4.78 is 23.8. The minimum Gasteiger partial charge on any atom is -0.493 e. The molecule has 2 amide bonds. The molecule has 222 valence electrons. The molecule has 2 bridgehead atoms. The van der Waals surface area contributed by atoms with E-state index < -0.39 is 23.2 Å². The van der Waals surface area contributed by atoms with Gasteiger partial charge in [-0.3, -0.25) is 23.9 Å². The van der Waals surface area contributed by atoms with Crippen LogP contribution in [0.25, 0.3) is 0 Å². The second-order valence-corrected chi connectivity index (χ2v) is 10.2. The van der Waals surface area contributed by atoms with Gasteiger partial charge in [-0.25, -0.2) is 4.79 Å². The summed E-state index contributed by atoms with van der Waals surface area (Å²) in [4.78, 5) is 57.0. The molecule has 12 heteroatoms. The molecule has 12 nitrogen and oxygen atoms in total. The highest BCUT2D eigenvalue weighted by molar-refractivity contribution is 5.85. The summed E-state index contributed by atoms with van der Waals surface area (Å²) in [7, 11) is 3.16. The molecule has 3 aliphatic heterocycles. The van der Waals surface area contributed by atoms with Crippen molar-refractivity contribution in [3.05, 3.63) is 85.7 Å². The van der Waals surface area contributed by atoms with Gasteiger partial charge in [0, 0.05) is 24.8 Å². The highest BCUT2D eigenvalue weighted by Gasteiger charge is 2.34. The summed E-state index contributed by atoms with van der Waals surface area (Å²) in [6.07, 6.45) is 1.92. The minimum absolute atomic E-state index is 0.130. The van der Waals surface area contributed by atoms with Crippen molar-refractivity contribution in [3.63, 3.8) is 0 Å². The number of nitrogens with one attached hydrogen (secondary N) is 1. The SMILES string of the molecule is COc1cc2c(cc1OC)C1c3ccc(cc3)OCCOCCN(C(=O)Cn3cc(C)c(=O)[nH]c3=O)CC(=O)N1CC2. The number of methoxy groups -OCH3 is 2. The number of amides is 2. The molecule has 0 spiro atoms. The number of aryl methyl sites for hydroxylation is 1. The van der Waals surface area contributed by atoms with Crippen LogP contribution in [0.3, 0.4) is 0 Å². The first-order chi connectivity index (χ1) is 20.3. The average Bonchev–Trinajstić information content (AvgIpc) is 3.00. The Hall–Kier alpha value is -4.58. The number of nitrogens with zero attached hydrogens (tertiary/aromatic N) is 3. The molecule has 0 saturated heterocycles. The number of ether oxygens (including phenoxy) is 4. The Labute approximate surface area is 242 Å². The number of rotatable bonds is 4. The van der Waals surface area contributed by atoms with Gasteiger partial charge < -0.3 is 28.7 Å². The van der Waals surface area contributed by atoms with E-state index >= 15 is 0 Å². The molecule has 4 heterocycles. The fourth-order valence-corrected chi connectivity index (χ4v) is 5.34. The van der Waals surface area contributed by atoms with Crippen LogP contribution >= 0.6 is 0 Å². The summed E-state index contributed by atoms with van der Waals surface area (Å²) in [5.41, 5.74) is 1.91. The summed E-state index contributed by atoms with van der Waals surface area (Å²) in [6.45, 7) is 2.32. The molecule has 1 unspecified atom stereocenters. The van der Waals surface area contributed by atoms with Crippen molar-refractivity contribution >= 4 is 11.8 Å². The monoisotopic (exact) mass is 578 g/mol. The van der Waals surface area contributed by atoms with Crippen LogP contribution in [-0.4, -0.2) is 84.8 Å². The fourth-order valence-electron chi connectivity index (χ4n) is 5.34. The summed E-state index contributed by atoms with van der Waals surface area (Å²) in [5, 5.41) is 0. The van der Waals surface area contributed by atoms with E-state index in [1.54, 1.807) is 26.0 Å². The maximum Gasteiger partial charge on any atom is 0.328 e. The normalized spacial score (nSPS) is 17.4. The third-order valence-electron chi connectivity index (χ3n) is 7.57. The molecule has 0 aliphatic carbocycles. The Bertz CT molecular complexity index is 1580. The smallest absolute Gasteiger partial charge is 0.328 e. The van der Waals surface area contributed by atoms with E-state index in [9.17, 15) is 19.2 Å². The van der Waals surface area contributed by atoms with Crippen molar-refractivity contribution in [2.75, 3.05) is 53.7 Å². The van der Waals surface area contributed by atoms with Gasteiger partial charge >= 0.3 is 5.69 Å². The molecule has 0 fully saturated rings. The second-order valence-electron chi connectivity index (χ2n) is 10.2. The Morgan fingerprint density at radius 2 is 1.74 bits per heavy atom. The molecular weight excluding hydrogens is 544 g/mol. The van der Waals surface area contributed by atoms with Crippen molar-refractivity contribution in [1.82, 2.24) is 19.4 Å².